The first-order chi connectivity index (χ1) is 8.49. The highest BCUT2D eigenvalue weighted by Crippen LogP contribution is 2.29. The fraction of sp³-hybridized carbons (Fsp3) is 0.500. The van der Waals surface area contributed by atoms with Gasteiger partial charge in [-0.2, -0.15) is 0 Å². The zero-order chi connectivity index (χ0) is 13.3. The van der Waals surface area contributed by atoms with Crippen LogP contribution in [0.4, 0.5) is 0 Å². The van der Waals surface area contributed by atoms with Gasteiger partial charge < -0.3 is 14.6 Å². The Morgan fingerprint density at radius 3 is 2.67 bits per heavy atom. The summed E-state index contributed by atoms with van der Waals surface area (Å²) in [6, 6.07) is 1.98. The van der Waals surface area contributed by atoms with Gasteiger partial charge in [0.2, 0.25) is 0 Å². The lowest BCUT2D eigenvalue weighted by molar-refractivity contribution is -0.137. The second-order valence-corrected chi connectivity index (χ2v) is 5.44. The van der Waals surface area contributed by atoms with Crippen LogP contribution < -0.4 is 0 Å². The number of halogens is 1. The van der Waals surface area contributed by atoms with E-state index in [0.29, 0.717) is 5.69 Å². The number of carboxylic acid groups (broad SMARTS) is 1. The summed E-state index contributed by atoms with van der Waals surface area (Å²) in [6.07, 6.45) is 3.75. The molecule has 0 atom stereocenters. The Balaban J connectivity index is 2.12. The molecular formula is C12H15BrN2O3. The smallest absolute Gasteiger partial charge is 0.305 e. The van der Waals surface area contributed by atoms with Gasteiger partial charge in [-0.1, -0.05) is 0 Å². The van der Waals surface area contributed by atoms with Crippen molar-refractivity contribution in [3.8, 4) is 0 Å². The third-order valence-electron chi connectivity index (χ3n) is 3.01. The quantitative estimate of drug-likeness (QED) is 0.902. The lowest BCUT2D eigenvalue weighted by atomic mass is 10.3. The summed E-state index contributed by atoms with van der Waals surface area (Å²) in [7, 11) is 1.81. The minimum atomic E-state index is -0.874. The van der Waals surface area contributed by atoms with E-state index in [4.69, 9.17) is 5.11 Å². The summed E-state index contributed by atoms with van der Waals surface area (Å²) in [6.45, 7) is 0.279. The molecule has 5 nitrogen and oxygen atoms in total. The van der Waals surface area contributed by atoms with Crippen LogP contribution in [0.3, 0.4) is 0 Å². The highest BCUT2D eigenvalue weighted by molar-refractivity contribution is 9.10. The number of carbonyl (C=O) groups is 2. The van der Waals surface area contributed by atoms with Crippen molar-refractivity contribution in [1.29, 1.82) is 0 Å². The first kappa shape index (κ1) is 13.1. The number of aromatic nitrogens is 1. The number of hydrogen-bond acceptors (Lipinski definition) is 2. The van der Waals surface area contributed by atoms with E-state index < -0.39 is 5.97 Å². The number of rotatable bonds is 5. The lowest BCUT2D eigenvalue weighted by Gasteiger charge is -2.21. The van der Waals surface area contributed by atoms with Crippen LogP contribution in [0.1, 0.15) is 29.8 Å². The van der Waals surface area contributed by atoms with Crippen molar-refractivity contribution in [2.75, 3.05) is 6.54 Å². The molecule has 98 valence electrons. The largest absolute Gasteiger partial charge is 0.481 e. The van der Waals surface area contributed by atoms with Crippen molar-refractivity contribution in [2.24, 2.45) is 7.05 Å². The third kappa shape index (κ3) is 2.93. The maximum atomic E-state index is 12.4. The molecule has 1 aromatic heterocycles. The van der Waals surface area contributed by atoms with Crippen LogP contribution in [0.15, 0.2) is 16.7 Å². The predicted molar refractivity (Wildman–Crippen MR) is 69.4 cm³/mol. The van der Waals surface area contributed by atoms with Gasteiger partial charge in [0.1, 0.15) is 5.69 Å². The number of aryl methyl sites for hydroxylation is 1. The Hall–Kier alpha value is -1.30. The van der Waals surface area contributed by atoms with Crippen molar-refractivity contribution in [3.63, 3.8) is 0 Å². The van der Waals surface area contributed by atoms with Gasteiger partial charge in [0.05, 0.1) is 6.42 Å². The van der Waals surface area contributed by atoms with Crippen molar-refractivity contribution in [1.82, 2.24) is 9.47 Å². The maximum Gasteiger partial charge on any atom is 0.305 e. The normalized spacial score (nSPS) is 14.6. The summed E-state index contributed by atoms with van der Waals surface area (Å²) >= 11 is 3.33. The molecule has 1 amide bonds. The van der Waals surface area contributed by atoms with E-state index in [1.807, 2.05) is 6.20 Å². The van der Waals surface area contributed by atoms with Crippen molar-refractivity contribution >= 4 is 27.8 Å². The van der Waals surface area contributed by atoms with Gasteiger partial charge in [0.15, 0.2) is 0 Å². The first-order valence-corrected chi connectivity index (χ1v) is 6.63. The van der Waals surface area contributed by atoms with Crippen molar-refractivity contribution in [2.45, 2.75) is 25.3 Å². The van der Waals surface area contributed by atoms with Gasteiger partial charge >= 0.3 is 5.97 Å². The molecule has 1 aromatic rings. The number of hydrogen-bond donors (Lipinski definition) is 1. The number of carbonyl (C=O) groups excluding carboxylic acids is 1. The predicted octanol–water partition coefficient (Wildman–Crippen LogP) is 1.87. The van der Waals surface area contributed by atoms with Gasteiger partial charge in [-0.15, -0.1) is 0 Å². The summed E-state index contributed by atoms with van der Waals surface area (Å²) in [5.74, 6) is -0.964. The summed E-state index contributed by atoms with van der Waals surface area (Å²) in [5.41, 5.74) is 0.583. The topological polar surface area (TPSA) is 62.5 Å². The number of aliphatic carboxylic acids is 1. The molecule has 0 saturated heterocycles. The van der Waals surface area contributed by atoms with E-state index in [9.17, 15) is 9.59 Å². The monoisotopic (exact) mass is 314 g/mol. The molecule has 18 heavy (non-hydrogen) atoms. The van der Waals surface area contributed by atoms with Crippen molar-refractivity contribution < 1.29 is 14.7 Å². The number of amides is 1. The SMILES string of the molecule is Cn1cc(Br)cc1C(=O)N(CCC(=O)O)C1CC1. The molecule has 1 N–H and O–H groups in total. The lowest BCUT2D eigenvalue weighted by Crippen LogP contribution is -2.35. The Morgan fingerprint density at radius 1 is 1.56 bits per heavy atom. The maximum absolute atomic E-state index is 12.4. The zero-order valence-corrected chi connectivity index (χ0v) is 11.7. The van der Waals surface area contributed by atoms with Crippen LogP contribution in [0.25, 0.3) is 0 Å². The third-order valence-corrected chi connectivity index (χ3v) is 3.44. The average Bonchev–Trinajstić information content (AvgIpc) is 3.04. The molecule has 1 aliphatic rings. The summed E-state index contributed by atoms with van der Waals surface area (Å²) < 4.78 is 2.60. The molecule has 2 rings (SSSR count). The zero-order valence-electron chi connectivity index (χ0n) is 10.1. The molecule has 0 bridgehead atoms. The second kappa shape index (κ2) is 5.14. The second-order valence-electron chi connectivity index (χ2n) is 4.53. The Morgan fingerprint density at radius 2 is 2.22 bits per heavy atom. The van der Waals surface area contributed by atoms with Gasteiger partial charge in [-0.25, -0.2) is 0 Å². The van der Waals surface area contributed by atoms with E-state index >= 15 is 0 Å². The number of carboxylic acids is 1. The highest BCUT2D eigenvalue weighted by atomic mass is 79.9. The molecule has 0 radical (unpaired) electrons. The van der Waals surface area contributed by atoms with E-state index in [-0.39, 0.29) is 24.9 Å². The fourth-order valence-electron chi connectivity index (χ4n) is 1.94. The van der Waals surface area contributed by atoms with Crippen LogP contribution in [-0.4, -0.2) is 39.0 Å². The van der Waals surface area contributed by atoms with Gasteiger partial charge in [0.25, 0.3) is 5.91 Å². The van der Waals surface area contributed by atoms with E-state index in [0.717, 1.165) is 17.3 Å². The van der Waals surface area contributed by atoms with Crippen molar-refractivity contribution in [3.05, 3.63) is 22.4 Å². The minimum absolute atomic E-state index is 0.00612. The minimum Gasteiger partial charge on any atom is -0.481 e. The van der Waals surface area contributed by atoms with Gasteiger partial charge in [-0.05, 0) is 34.8 Å². The van der Waals surface area contributed by atoms with Gasteiger partial charge in [-0.3, -0.25) is 9.59 Å². The molecule has 1 heterocycles. The Kier molecular flexibility index (Phi) is 3.75. The van der Waals surface area contributed by atoms with Crippen LogP contribution >= 0.6 is 15.9 Å². The first-order valence-electron chi connectivity index (χ1n) is 5.83. The van der Waals surface area contributed by atoms with Crippen LogP contribution in [0.2, 0.25) is 0 Å². The molecule has 0 unspecified atom stereocenters. The molecule has 0 aromatic carbocycles. The fourth-order valence-corrected chi connectivity index (χ4v) is 2.46. The van der Waals surface area contributed by atoms with E-state index in [1.165, 1.54) is 0 Å². The molecular weight excluding hydrogens is 300 g/mol. The molecule has 1 aliphatic carbocycles. The van der Waals surface area contributed by atoms with E-state index in [1.54, 1.807) is 22.6 Å². The van der Waals surface area contributed by atoms with E-state index in [2.05, 4.69) is 15.9 Å². The van der Waals surface area contributed by atoms with Gasteiger partial charge in [0, 0.05) is 30.3 Å². The number of nitrogens with zero attached hydrogens (tertiary/aromatic N) is 2. The molecule has 1 saturated carbocycles. The average molecular weight is 315 g/mol. The Bertz CT molecular complexity index is 480. The Labute approximate surface area is 114 Å². The summed E-state index contributed by atoms with van der Waals surface area (Å²) in [5, 5.41) is 8.72. The molecule has 0 spiro atoms. The molecule has 0 aliphatic heterocycles. The molecule has 1 fully saturated rings. The highest BCUT2D eigenvalue weighted by Gasteiger charge is 2.34. The summed E-state index contributed by atoms with van der Waals surface area (Å²) in [4.78, 5) is 24.7. The standard InChI is InChI=1S/C12H15BrN2O3/c1-14-7-8(13)6-10(14)12(18)15(9-2-3-9)5-4-11(16)17/h6-7,9H,2-5H2,1H3,(H,16,17). The van der Waals surface area contributed by atoms with Crippen LogP contribution in [0, 0.1) is 0 Å². The van der Waals surface area contributed by atoms with Crippen LogP contribution in [0.5, 0.6) is 0 Å². The molecule has 6 heteroatoms. The van der Waals surface area contributed by atoms with Crippen LogP contribution in [-0.2, 0) is 11.8 Å².